The molecule has 1 amide bonds. The summed E-state index contributed by atoms with van der Waals surface area (Å²) in [5.41, 5.74) is 2.14. The van der Waals surface area contributed by atoms with E-state index in [2.05, 4.69) is 10.3 Å². The number of hydrogen-bond donors (Lipinski definition) is 5. The Bertz CT molecular complexity index is 1240. The van der Waals surface area contributed by atoms with Crippen molar-refractivity contribution in [2.24, 2.45) is 0 Å². The van der Waals surface area contributed by atoms with Gasteiger partial charge in [-0.1, -0.05) is 41.7 Å². The minimum atomic E-state index is -0.501. The summed E-state index contributed by atoms with van der Waals surface area (Å²) in [5, 5.41) is 41.5. The van der Waals surface area contributed by atoms with Crippen molar-refractivity contribution in [2.45, 2.75) is 0 Å². The normalized spacial score (nSPS) is 10.7. The van der Waals surface area contributed by atoms with Gasteiger partial charge in [-0.25, -0.2) is 4.98 Å². The van der Waals surface area contributed by atoms with Gasteiger partial charge in [0.05, 0.1) is 10.6 Å². The molecule has 4 rings (SSSR count). The molecule has 0 saturated carbocycles. The average molecular weight is 420 g/mol. The van der Waals surface area contributed by atoms with Crippen molar-refractivity contribution in [1.29, 1.82) is 0 Å². The molecule has 4 aromatic rings. The van der Waals surface area contributed by atoms with E-state index in [4.69, 9.17) is 0 Å². The first-order valence-electron chi connectivity index (χ1n) is 8.84. The van der Waals surface area contributed by atoms with Crippen LogP contribution in [-0.4, -0.2) is 31.3 Å². The largest absolute Gasteiger partial charge is 0.504 e. The summed E-state index contributed by atoms with van der Waals surface area (Å²) in [4.78, 5) is 17.8. The van der Waals surface area contributed by atoms with Gasteiger partial charge in [0, 0.05) is 11.1 Å². The number of nitrogens with zero attached hydrogens (tertiary/aromatic N) is 1. The van der Waals surface area contributed by atoms with Gasteiger partial charge in [0.15, 0.2) is 28.1 Å². The second-order valence-corrected chi connectivity index (χ2v) is 7.42. The molecule has 0 aliphatic carbocycles. The number of phenols is 4. The molecule has 0 fully saturated rings. The van der Waals surface area contributed by atoms with Gasteiger partial charge in [-0.2, -0.15) is 0 Å². The van der Waals surface area contributed by atoms with E-state index >= 15 is 0 Å². The fourth-order valence-corrected chi connectivity index (χ4v) is 3.85. The van der Waals surface area contributed by atoms with E-state index in [1.54, 1.807) is 6.07 Å². The topological polar surface area (TPSA) is 123 Å². The van der Waals surface area contributed by atoms with Crippen molar-refractivity contribution in [1.82, 2.24) is 4.98 Å². The lowest BCUT2D eigenvalue weighted by Gasteiger charge is -2.04. The van der Waals surface area contributed by atoms with Crippen LogP contribution in [-0.2, 0) is 0 Å². The Morgan fingerprint density at radius 1 is 0.767 bits per heavy atom. The maximum atomic E-state index is 12.6. The number of amides is 1. The van der Waals surface area contributed by atoms with E-state index in [9.17, 15) is 25.2 Å². The van der Waals surface area contributed by atoms with Gasteiger partial charge < -0.3 is 20.4 Å². The molecule has 150 valence electrons. The summed E-state index contributed by atoms with van der Waals surface area (Å²) in [5.74, 6) is -1.73. The summed E-state index contributed by atoms with van der Waals surface area (Å²) in [7, 11) is 0. The van der Waals surface area contributed by atoms with Gasteiger partial charge >= 0.3 is 0 Å². The molecule has 30 heavy (non-hydrogen) atoms. The van der Waals surface area contributed by atoms with E-state index in [1.165, 1.54) is 35.6 Å². The fraction of sp³-hybridized carbons (Fsp3) is 0. The van der Waals surface area contributed by atoms with Gasteiger partial charge in [0.25, 0.3) is 5.91 Å². The molecular weight excluding hydrogens is 404 g/mol. The number of nitrogens with one attached hydrogen (secondary N) is 1. The van der Waals surface area contributed by atoms with E-state index < -0.39 is 11.7 Å². The Morgan fingerprint density at radius 2 is 1.43 bits per heavy atom. The number of carbonyl (C=O) groups excluding carboxylic acids is 1. The number of phenolic OH excluding ortho intramolecular Hbond substituents is 4. The summed E-state index contributed by atoms with van der Waals surface area (Å²) >= 11 is 1.25. The Kier molecular flexibility index (Phi) is 4.99. The van der Waals surface area contributed by atoms with Crippen molar-refractivity contribution in [3.05, 3.63) is 72.3 Å². The van der Waals surface area contributed by atoms with E-state index in [-0.39, 0.29) is 22.8 Å². The van der Waals surface area contributed by atoms with Crippen molar-refractivity contribution >= 4 is 22.4 Å². The Labute approximate surface area is 175 Å². The number of benzene rings is 3. The highest BCUT2D eigenvalue weighted by molar-refractivity contribution is 7.19. The molecule has 0 spiro atoms. The van der Waals surface area contributed by atoms with Crippen LogP contribution in [0.25, 0.3) is 21.7 Å². The van der Waals surface area contributed by atoms with Gasteiger partial charge in [-0.3, -0.25) is 10.1 Å². The van der Waals surface area contributed by atoms with Crippen molar-refractivity contribution in [3.8, 4) is 44.7 Å². The van der Waals surface area contributed by atoms with Gasteiger partial charge in [-0.15, -0.1) is 0 Å². The Balaban J connectivity index is 1.74. The number of anilines is 1. The molecule has 5 N–H and O–H groups in total. The van der Waals surface area contributed by atoms with Crippen LogP contribution in [0.5, 0.6) is 23.0 Å². The quantitative estimate of drug-likeness (QED) is 0.309. The zero-order valence-electron chi connectivity index (χ0n) is 15.4. The second-order valence-electron chi connectivity index (χ2n) is 6.42. The lowest BCUT2D eigenvalue weighted by molar-refractivity contribution is 0.102. The number of rotatable bonds is 4. The van der Waals surface area contributed by atoms with Crippen LogP contribution in [0.15, 0.2) is 66.7 Å². The molecule has 7 nitrogen and oxygen atoms in total. The van der Waals surface area contributed by atoms with Crippen LogP contribution in [0, 0.1) is 0 Å². The number of aromatic nitrogens is 1. The third-order valence-corrected chi connectivity index (χ3v) is 5.39. The molecule has 0 atom stereocenters. The molecule has 0 aliphatic rings. The third-order valence-electron chi connectivity index (χ3n) is 4.37. The molecule has 0 bridgehead atoms. The van der Waals surface area contributed by atoms with Crippen molar-refractivity contribution in [2.75, 3.05) is 5.32 Å². The van der Waals surface area contributed by atoms with Gasteiger partial charge in [0.1, 0.15) is 0 Å². The lowest BCUT2D eigenvalue weighted by atomic mass is 10.1. The van der Waals surface area contributed by atoms with E-state index in [0.29, 0.717) is 16.4 Å². The summed E-state index contributed by atoms with van der Waals surface area (Å²) in [6.45, 7) is 0. The summed E-state index contributed by atoms with van der Waals surface area (Å²) in [6, 6.07) is 17.6. The molecule has 0 unspecified atom stereocenters. The second kappa shape index (κ2) is 7.76. The van der Waals surface area contributed by atoms with E-state index in [1.807, 2.05) is 30.3 Å². The first-order chi connectivity index (χ1) is 14.4. The number of thiazole rings is 1. The van der Waals surface area contributed by atoms with Crippen LogP contribution in [0.4, 0.5) is 5.13 Å². The molecule has 3 aromatic carbocycles. The van der Waals surface area contributed by atoms with Crippen LogP contribution < -0.4 is 5.32 Å². The van der Waals surface area contributed by atoms with Crippen LogP contribution >= 0.6 is 11.3 Å². The Hall–Kier alpha value is -4.04. The highest BCUT2D eigenvalue weighted by Gasteiger charge is 2.18. The average Bonchev–Trinajstić information content (AvgIpc) is 3.16. The zero-order chi connectivity index (χ0) is 21.3. The van der Waals surface area contributed by atoms with Crippen molar-refractivity contribution < 1.29 is 25.2 Å². The molecule has 0 radical (unpaired) electrons. The SMILES string of the molecule is O=C(Nc1nc(-c2ccc(O)c(O)c2)c(-c2ccccc2)s1)c1ccc(O)c(O)c1. The van der Waals surface area contributed by atoms with Gasteiger partial charge in [0.2, 0.25) is 0 Å². The zero-order valence-corrected chi connectivity index (χ0v) is 16.2. The van der Waals surface area contributed by atoms with E-state index in [0.717, 1.165) is 16.5 Å². The number of carbonyl (C=O) groups is 1. The smallest absolute Gasteiger partial charge is 0.257 e. The number of hydrogen-bond acceptors (Lipinski definition) is 7. The predicted octanol–water partition coefficient (Wildman–Crippen LogP) is 4.55. The Morgan fingerprint density at radius 3 is 2.10 bits per heavy atom. The summed E-state index contributed by atoms with van der Waals surface area (Å²) < 4.78 is 0. The highest BCUT2D eigenvalue weighted by atomic mass is 32.1. The monoisotopic (exact) mass is 420 g/mol. The first kappa shape index (κ1) is 19.3. The first-order valence-corrected chi connectivity index (χ1v) is 9.66. The maximum Gasteiger partial charge on any atom is 0.257 e. The number of aromatic hydroxyl groups is 4. The van der Waals surface area contributed by atoms with Crippen LogP contribution in [0.2, 0.25) is 0 Å². The predicted molar refractivity (Wildman–Crippen MR) is 114 cm³/mol. The van der Waals surface area contributed by atoms with Crippen LogP contribution in [0.3, 0.4) is 0 Å². The molecule has 1 aromatic heterocycles. The van der Waals surface area contributed by atoms with Crippen LogP contribution in [0.1, 0.15) is 10.4 Å². The molecule has 1 heterocycles. The standard InChI is InChI=1S/C22H16N2O5S/c25-15-8-6-13(10-17(15)27)19-20(12-4-2-1-3-5-12)30-22(23-19)24-21(29)14-7-9-16(26)18(28)11-14/h1-11,25-28H,(H,23,24,29). The minimum absolute atomic E-state index is 0.158. The molecular formula is C22H16N2O5S. The fourth-order valence-electron chi connectivity index (χ4n) is 2.86. The third kappa shape index (κ3) is 3.76. The molecule has 8 heteroatoms. The minimum Gasteiger partial charge on any atom is -0.504 e. The maximum absolute atomic E-state index is 12.6. The molecule has 0 aliphatic heterocycles. The summed E-state index contributed by atoms with van der Waals surface area (Å²) in [6.07, 6.45) is 0. The molecule has 0 saturated heterocycles. The highest BCUT2D eigenvalue weighted by Crippen LogP contribution is 2.41. The van der Waals surface area contributed by atoms with Gasteiger partial charge in [-0.05, 0) is 42.0 Å². The lowest BCUT2D eigenvalue weighted by Crippen LogP contribution is -2.11. The van der Waals surface area contributed by atoms with Crippen molar-refractivity contribution in [3.63, 3.8) is 0 Å².